The van der Waals surface area contributed by atoms with Gasteiger partial charge in [-0.2, -0.15) is 0 Å². The van der Waals surface area contributed by atoms with E-state index in [9.17, 15) is 4.79 Å². The van der Waals surface area contributed by atoms with Gasteiger partial charge in [-0.3, -0.25) is 0 Å². The molecule has 0 aliphatic carbocycles. The molecule has 1 heterocycles. The molecule has 0 saturated heterocycles. The molecule has 4 heteroatoms. The fourth-order valence-corrected chi connectivity index (χ4v) is 1.83. The highest BCUT2D eigenvalue weighted by Crippen LogP contribution is 2.10. The first-order chi connectivity index (χ1) is 6.74. The van der Waals surface area contributed by atoms with E-state index in [1.165, 1.54) is 4.88 Å². The molecule has 1 rings (SSSR count). The molecule has 78 valence electrons. The first kappa shape index (κ1) is 11.0. The molecule has 0 fully saturated rings. The SMILES string of the molecule is CCCNC(=O)N(C)Cc1cccs1. The predicted octanol–water partition coefficient (Wildman–Crippen LogP) is 2.30. The summed E-state index contributed by atoms with van der Waals surface area (Å²) in [7, 11) is 1.81. The van der Waals surface area contributed by atoms with Crippen LogP contribution in [0.1, 0.15) is 18.2 Å². The zero-order valence-corrected chi connectivity index (χ0v) is 9.43. The molecule has 0 aliphatic rings. The van der Waals surface area contributed by atoms with Crippen LogP contribution < -0.4 is 5.32 Å². The van der Waals surface area contributed by atoms with Gasteiger partial charge in [-0.1, -0.05) is 13.0 Å². The summed E-state index contributed by atoms with van der Waals surface area (Å²) in [5.74, 6) is 0. The summed E-state index contributed by atoms with van der Waals surface area (Å²) in [6.07, 6.45) is 0.971. The Labute approximate surface area is 88.7 Å². The lowest BCUT2D eigenvalue weighted by atomic mass is 10.4. The molecule has 0 aliphatic heterocycles. The second-order valence-electron chi connectivity index (χ2n) is 3.17. The van der Waals surface area contributed by atoms with Gasteiger partial charge in [0.15, 0.2) is 0 Å². The van der Waals surface area contributed by atoms with Gasteiger partial charge in [0.05, 0.1) is 6.54 Å². The van der Waals surface area contributed by atoms with Crippen molar-refractivity contribution >= 4 is 17.4 Å². The third-order valence-corrected chi connectivity index (χ3v) is 2.71. The van der Waals surface area contributed by atoms with Gasteiger partial charge in [0, 0.05) is 18.5 Å². The molecule has 3 nitrogen and oxygen atoms in total. The van der Waals surface area contributed by atoms with Crippen molar-refractivity contribution in [3.63, 3.8) is 0 Å². The zero-order valence-electron chi connectivity index (χ0n) is 8.62. The van der Waals surface area contributed by atoms with Gasteiger partial charge in [0.1, 0.15) is 0 Å². The number of thiophene rings is 1. The van der Waals surface area contributed by atoms with Crippen molar-refractivity contribution in [2.45, 2.75) is 19.9 Å². The van der Waals surface area contributed by atoms with Crippen LogP contribution in [0.4, 0.5) is 4.79 Å². The number of nitrogens with zero attached hydrogens (tertiary/aromatic N) is 1. The maximum Gasteiger partial charge on any atom is 0.317 e. The zero-order chi connectivity index (χ0) is 10.4. The molecule has 0 saturated carbocycles. The third-order valence-electron chi connectivity index (χ3n) is 1.85. The van der Waals surface area contributed by atoms with Gasteiger partial charge < -0.3 is 10.2 Å². The van der Waals surface area contributed by atoms with Crippen molar-refractivity contribution in [2.24, 2.45) is 0 Å². The number of carbonyl (C=O) groups is 1. The monoisotopic (exact) mass is 212 g/mol. The normalized spacial score (nSPS) is 9.86. The summed E-state index contributed by atoms with van der Waals surface area (Å²) in [6, 6.07) is 4.03. The molecule has 14 heavy (non-hydrogen) atoms. The summed E-state index contributed by atoms with van der Waals surface area (Å²) >= 11 is 1.67. The van der Waals surface area contributed by atoms with Crippen LogP contribution in [0.15, 0.2) is 17.5 Å². The average Bonchev–Trinajstić information content (AvgIpc) is 2.66. The summed E-state index contributed by atoms with van der Waals surface area (Å²) < 4.78 is 0. The quantitative estimate of drug-likeness (QED) is 0.816. The number of hydrogen-bond acceptors (Lipinski definition) is 2. The van der Waals surface area contributed by atoms with E-state index in [2.05, 4.69) is 5.32 Å². The minimum Gasteiger partial charge on any atom is -0.338 e. The fraction of sp³-hybridized carbons (Fsp3) is 0.500. The number of urea groups is 1. The van der Waals surface area contributed by atoms with Crippen LogP contribution in [0.25, 0.3) is 0 Å². The van der Waals surface area contributed by atoms with E-state index < -0.39 is 0 Å². The number of amides is 2. The smallest absolute Gasteiger partial charge is 0.317 e. The maximum atomic E-state index is 11.4. The Hall–Kier alpha value is -1.03. The first-order valence-corrected chi connectivity index (χ1v) is 5.63. The Morgan fingerprint density at radius 2 is 2.43 bits per heavy atom. The summed E-state index contributed by atoms with van der Waals surface area (Å²) in [5, 5.41) is 4.86. The van der Waals surface area contributed by atoms with E-state index in [0.29, 0.717) is 6.54 Å². The topological polar surface area (TPSA) is 32.3 Å². The Bertz CT molecular complexity index is 272. The van der Waals surface area contributed by atoms with Crippen molar-refractivity contribution in [3.8, 4) is 0 Å². The highest BCUT2D eigenvalue weighted by molar-refractivity contribution is 7.09. The molecule has 0 aromatic carbocycles. The van der Waals surface area contributed by atoms with Gasteiger partial charge in [-0.15, -0.1) is 11.3 Å². The molecule has 0 unspecified atom stereocenters. The molecule has 2 amide bonds. The van der Waals surface area contributed by atoms with E-state index in [0.717, 1.165) is 13.0 Å². The molecule has 0 bridgehead atoms. The van der Waals surface area contributed by atoms with E-state index in [4.69, 9.17) is 0 Å². The summed E-state index contributed by atoms with van der Waals surface area (Å²) in [4.78, 5) is 14.4. The standard InChI is InChI=1S/C10H16N2OS/c1-3-6-11-10(13)12(2)8-9-5-4-7-14-9/h4-5,7H,3,6,8H2,1-2H3,(H,11,13). The Balaban J connectivity index is 2.34. The van der Waals surface area contributed by atoms with Gasteiger partial charge >= 0.3 is 6.03 Å². The average molecular weight is 212 g/mol. The van der Waals surface area contributed by atoms with Crippen LogP contribution in [-0.4, -0.2) is 24.5 Å². The largest absolute Gasteiger partial charge is 0.338 e. The number of rotatable bonds is 4. The second-order valence-corrected chi connectivity index (χ2v) is 4.20. The number of carbonyl (C=O) groups excluding carboxylic acids is 1. The summed E-state index contributed by atoms with van der Waals surface area (Å²) in [6.45, 7) is 3.47. The Morgan fingerprint density at radius 1 is 1.64 bits per heavy atom. The van der Waals surface area contributed by atoms with Gasteiger partial charge in [-0.05, 0) is 17.9 Å². The van der Waals surface area contributed by atoms with Crippen molar-refractivity contribution < 1.29 is 4.79 Å². The molecular formula is C10H16N2OS. The van der Waals surface area contributed by atoms with Crippen LogP contribution in [0, 0.1) is 0 Å². The molecular weight excluding hydrogens is 196 g/mol. The van der Waals surface area contributed by atoms with Crippen LogP contribution in [0.5, 0.6) is 0 Å². The van der Waals surface area contributed by atoms with Crippen LogP contribution in [-0.2, 0) is 6.54 Å². The van der Waals surface area contributed by atoms with Crippen molar-refractivity contribution in [3.05, 3.63) is 22.4 Å². The first-order valence-electron chi connectivity index (χ1n) is 4.75. The molecule has 0 radical (unpaired) electrons. The van der Waals surface area contributed by atoms with Crippen LogP contribution >= 0.6 is 11.3 Å². The lowest BCUT2D eigenvalue weighted by Gasteiger charge is -2.16. The van der Waals surface area contributed by atoms with E-state index in [-0.39, 0.29) is 6.03 Å². The van der Waals surface area contributed by atoms with E-state index in [1.807, 2.05) is 31.5 Å². The highest BCUT2D eigenvalue weighted by Gasteiger charge is 2.07. The van der Waals surface area contributed by atoms with Gasteiger partial charge in [0.2, 0.25) is 0 Å². The minimum atomic E-state index is 0.000231. The van der Waals surface area contributed by atoms with Crippen molar-refractivity contribution in [2.75, 3.05) is 13.6 Å². The van der Waals surface area contributed by atoms with E-state index >= 15 is 0 Å². The van der Waals surface area contributed by atoms with Crippen molar-refractivity contribution in [1.82, 2.24) is 10.2 Å². The number of nitrogens with one attached hydrogen (secondary N) is 1. The lowest BCUT2D eigenvalue weighted by Crippen LogP contribution is -2.36. The van der Waals surface area contributed by atoms with Gasteiger partial charge in [-0.25, -0.2) is 4.79 Å². The minimum absolute atomic E-state index is 0.000231. The van der Waals surface area contributed by atoms with E-state index in [1.54, 1.807) is 16.2 Å². The Kier molecular flexibility index (Phi) is 4.46. The lowest BCUT2D eigenvalue weighted by molar-refractivity contribution is 0.207. The predicted molar refractivity (Wildman–Crippen MR) is 59.5 cm³/mol. The summed E-state index contributed by atoms with van der Waals surface area (Å²) in [5.41, 5.74) is 0. The third kappa shape index (κ3) is 3.38. The molecule has 1 aromatic rings. The maximum absolute atomic E-state index is 11.4. The van der Waals surface area contributed by atoms with Crippen LogP contribution in [0.3, 0.4) is 0 Å². The number of hydrogen-bond donors (Lipinski definition) is 1. The molecule has 0 atom stereocenters. The molecule has 1 aromatic heterocycles. The van der Waals surface area contributed by atoms with Crippen molar-refractivity contribution in [1.29, 1.82) is 0 Å². The van der Waals surface area contributed by atoms with Gasteiger partial charge in [0.25, 0.3) is 0 Å². The highest BCUT2D eigenvalue weighted by atomic mass is 32.1. The molecule has 0 spiro atoms. The Morgan fingerprint density at radius 3 is 3.00 bits per heavy atom. The second kappa shape index (κ2) is 5.65. The molecule has 1 N–H and O–H groups in total. The van der Waals surface area contributed by atoms with Crippen LogP contribution in [0.2, 0.25) is 0 Å². The fourth-order valence-electron chi connectivity index (χ4n) is 1.07.